The van der Waals surface area contributed by atoms with E-state index in [0.29, 0.717) is 17.7 Å². The maximum Gasteiger partial charge on any atom is 0.182 e. The third-order valence-electron chi connectivity index (χ3n) is 4.53. The molecule has 0 amide bonds. The summed E-state index contributed by atoms with van der Waals surface area (Å²) in [6, 6.07) is 10.4. The SMILES string of the molecule is CN1CCOc2cc(/C=C/C(O)=C/C(=O)/C=C/c3ccc(O)c(CO)c3)ccc21. The predicted molar refractivity (Wildman–Crippen MR) is 113 cm³/mol. The van der Waals surface area contributed by atoms with Crippen molar-refractivity contribution in [2.75, 3.05) is 25.1 Å². The van der Waals surface area contributed by atoms with E-state index in [0.717, 1.165) is 29.6 Å². The average molecular weight is 393 g/mol. The summed E-state index contributed by atoms with van der Waals surface area (Å²) >= 11 is 0. The fraction of sp³-hybridized carbons (Fsp3) is 0.174. The Bertz CT molecular complexity index is 991. The molecule has 29 heavy (non-hydrogen) atoms. The van der Waals surface area contributed by atoms with E-state index in [1.165, 1.54) is 18.2 Å². The van der Waals surface area contributed by atoms with Gasteiger partial charge in [0.25, 0.3) is 0 Å². The lowest BCUT2D eigenvalue weighted by Crippen LogP contribution is -2.28. The molecule has 3 rings (SSSR count). The van der Waals surface area contributed by atoms with Crippen LogP contribution in [0.5, 0.6) is 11.5 Å². The lowest BCUT2D eigenvalue weighted by atomic mass is 10.1. The van der Waals surface area contributed by atoms with Crippen LogP contribution in [0.3, 0.4) is 0 Å². The number of likely N-dealkylation sites (N-methyl/N-ethyl adjacent to an activating group) is 1. The first kappa shape index (κ1) is 20.2. The summed E-state index contributed by atoms with van der Waals surface area (Å²) in [4.78, 5) is 14.1. The molecule has 3 N–H and O–H groups in total. The largest absolute Gasteiger partial charge is 0.508 e. The standard InChI is InChI=1S/C23H23NO5/c1-24-10-11-29-23-13-17(4-8-21(23)24)3-7-20(27)14-19(26)6-2-16-5-9-22(28)18(12-16)15-25/h2-9,12-14,25,27-28H,10-11,15H2,1H3/b6-2+,7-3+,20-14-. The molecule has 150 valence electrons. The Morgan fingerprint density at radius 2 is 1.86 bits per heavy atom. The molecular weight excluding hydrogens is 370 g/mol. The Morgan fingerprint density at radius 1 is 1.14 bits per heavy atom. The molecular formula is C23H23NO5. The van der Waals surface area contributed by atoms with Crippen molar-refractivity contribution in [3.63, 3.8) is 0 Å². The van der Waals surface area contributed by atoms with E-state index in [9.17, 15) is 15.0 Å². The molecule has 0 saturated heterocycles. The second-order valence-electron chi connectivity index (χ2n) is 6.68. The van der Waals surface area contributed by atoms with Gasteiger partial charge in [0.15, 0.2) is 5.78 Å². The van der Waals surface area contributed by atoms with Crippen molar-refractivity contribution in [1.29, 1.82) is 0 Å². The molecule has 0 spiro atoms. The molecule has 0 radical (unpaired) electrons. The third-order valence-corrected chi connectivity index (χ3v) is 4.53. The minimum Gasteiger partial charge on any atom is -0.508 e. The predicted octanol–water partition coefficient (Wildman–Crippen LogP) is 3.45. The minimum atomic E-state index is -0.388. The number of aliphatic hydroxyl groups excluding tert-OH is 2. The topological polar surface area (TPSA) is 90.2 Å². The Kier molecular flexibility index (Phi) is 6.36. The van der Waals surface area contributed by atoms with E-state index in [1.807, 2.05) is 25.2 Å². The number of aliphatic hydroxyl groups is 2. The van der Waals surface area contributed by atoms with E-state index < -0.39 is 0 Å². The molecule has 6 heteroatoms. The number of rotatable bonds is 6. The van der Waals surface area contributed by atoms with Gasteiger partial charge in [-0.25, -0.2) is 0 Å². The van der Waals surface area contributed by atoms with Crippen molar-refractivity contribution in [1.82, 2.24) is 0 Å². The van der Waals surface area contributed by atoms with Gasteiger partial charge in [-0.1, -0.05) is 24.3 Å². The second-order valence-corrected chi connectivity index (χ2v) is 6.68. The number of hydrogen-bond acceptors (Lipinski definition) is 6. The van der Waals surface area contributed by atoms with Crippen molar-refractivity contribution in [3.8, 4) is 11.5 Å². The van der Waals surface area contributed by atoms with Gasteiger partial charge in [0.2, 0.25) is 0 Å². The first-order valence-corrected chi connectivity index (χ1v) is 9.18. The number of hydrogen-bond donors (Lipinski definition) is 3. The van der Waals surface area contributed by atoms with Gasteiger partial charge in [-0.3, -0.25) is 4.79 Å². The number of aromatic hydroxyl groups is 1. The number of carbonyl (C=O) groups is 1. The number of anilines is 1. The molecule has 1 heterocycles. The van der Waals surface area contributed by atoms with Crippen LogP contribution >= 0.6 is 0 Å². The zero-order valence-electron chi connectivity index (χ0n) is 16.1. The number of fused-ring (bicyclic) bond motifs is 1. The number of ether oxygens (including phenoxy) is 1. The summed E-state index contributed by atoms with van der Waals surface area (Å²) in [6.45, 7) is 1.17. The number of nitrogens with zero attached hydrogens (tertiary/aromatic N) is 1. The molecule has 1 aliphatic rings. The number of allylic oxidation sites excluding steroid dienone is 3. The van der Waals surface area contributed by atoms with Crippen LogP contribution in [-0.2, 0) is 11.4 Å². The number of carbonyl (C=O) groups excluding carboxylic acids is 1. The van der Waals surface area contributed by atoms with Crippen LogP contribution in [0, 0.1) is 0 Å². The lowest BCUT2D eigenvalue weighted by Gasteiger charge is -2.27. The first-order valence-electron chi connectivity index (χ1n) is 9.18. The van der Waals surface area contributed by atoms with Crippen molar-refractivity contribution in [2.45, 2.75) is 6.61 Å². The monoisotopic (exact) mass is 393 g/mol. The molecule has 0 aromatic heterocycles. The molecule has 0 saturated carbocycles. The zero-order chi connectivity index (χ0) is 20.8. The van der Waals surface area contributed by atoms with E-state index >= 15 is 0 Å². The highest BCUT2D eigenvalue weighted by molar-refractivity contribution is 6.02. The summed E-state index contributed by atoms with van der Waals surface area (Å²) in [7, 11) is 2.01. The Labute approximate surface area is 169 Å². The molecule has 0 aliphatic carbocycles. The molecule has 2 aromatic rings. The molecule has 0 atom stereocenters. The molecule has 0 bridgehead atoms. The van der Waals surface area contributed by atoms with E-state index in [2.05, 4.69) is 4.90 Å². The van der Waals surface area contributed by atoms with Gasteiger partial charge in [-0.05, 0) is 47.5 Å². The average Bonchev–Trinajstić information content (AvgIpc) is 2.71. The number of phenols is 1. The molecule has 0 unspecified atom stereocenters. The zero-order valence-corrected chi connectivity index (χ0v) is 16.1. The van der Waals surface area contributed by atoms with Crippen molar-refractivity contribution in [2.24, 2.45) is 0 Å². The molecule has 0 fully saturated rings. The number of benzene rings is 2. The van der Waals surface area contributed by atoms with Crippen LogP contribution in [0.15, 0.2) is 60.4 Å². The van der Waals surface area contributed by atoms with Crippen LogP contribution < -0.4 is 9.64 Å². The fourth-order valence-electron chi connectivity index (χ4n) is 2.92. The van der Waals surface area contributed by atoms with E-state index in [1.54, 1.807) is 24.3 Å². The Balaban J connectivity index is 1.65. The highest BCUT2D eigenvalue weighted by Gasteiger charge is 2.14. The van der Waals surface area contributed by atoms with Crippen LogP contribution in [0.4, 0.5) is 5.69 Å². The molecule has 1 aliphatic heterocycles. The summed E-state index contributed by atoms with van der Waals surface area (Å²) in [5.74, 6) is 0.232. The maximum atomic E-state index is 12.0. The quantitative estimate of drug-likeness (QED) is 0.396. The van der Waals surface area contributed by atoms with Crippen LogP contribution in [0.1, 0.15) is 16.7 Å². The summed E-state index contributed by atoms with van der Waals surface area (Å²) in [5, 5.41) is 28.7. The summed E-state index contributed by atoms with van der Waals surface area (Å²) in [6.07, 6.45) is 7.12. The van der Waals surface area contributed by atoms with Gasteiger partial charge in [0, 0.05) is 18.7 Å². The van der Waals surface area contributed by atoms with Crippen LogP contribution in [0.25, 0.3) is 12.2 Å². The van der Waals surface area contributed by atoms with Gasteiger partial charge in [0.1, 0.15) is 23.9 Å². The highest BCUT2D eigenvalue weighted by Crippen LogP contribution is 2.31. The van der Waals surface area contributed by atoms with Crippen molar-refractivity contribution in [3.05, 3.63) is 77.1 Å². The number of ketones is 1. The van der Waals surface area contributed by atoms with Gasteiger partial charge in [-0.2, -0.15) is 0 Å². The minimum absolute atomic E-state index is 0.00197. The van der Waals surface area contributed by atoms with Gasteiger partial charge in [-0.15, -0.1) is 0 Å². The van der Waals surface area contributed by atoms with Gasteiger partial charge >= 0.3 is 0 Å². The van der Waals surface area contributed by atoms with Crippen LogP contribution in [-0.4, -0.2) is 41.3 Å². The fourth-order valence-corrected chi connectivity index (χ4v) is 2.92. The van der Waals surface area contributed by atoms with E-state index in [-0.39, 0.29) is 23.9 Å². The molecule has 6 nitrogen and oxygen atoms in total. The normalized spacial score (nSPS) is 14.3. The Hall–Kier alpha value is -3.51. The van der Waals surface area contributed by atoms with Crippen LogP contribution in [0.2, 0.25) is 0 Å². The Morgan fingerprint density at radius 3 is 2.66 bits per heavy atom. The highest BCUT2D eigenvalue weighted by atomic mass is 16.5. The maximum absolute atomic E-state index is 12.0. The smallest absolute Gasteiger partial charge is 0.182 e. The van der Waals surface area contributed by atoms with Gasteiger partial charge in [0.05, 0.1) is 18.8 Å². The molecule has 2 aromatic carbocycles. The van der Waals surface area contributed by atoms with E-state index in [4.69, 9.17) is 9.84 Å². The van der Waals surface area contributed by atoms with Gasteiger partial charge < -0.3 is 25.0 Å². The van der Waals surface area contributed by atoms with Crippen molar-refractivity contribution < 1.29 is 24.9 Å². The lowest BCUT2D eigenvalue weighted by molar-refractivity contribution is -0.110. The second kappa shape index (κ2) is 9.12. The third kappa shape index (κ3) is 5.27. The summed E-state index contributed by atoms with van der Waals surface area (Å²) in [5.41, 5.74) is 2.90. The van der Waals surface area contributed by atoms with Crippen molar-refractivity contribution >= 4 is 23.6 Å². The summed E-state index contributed by atoms with van der Waals surface area (Å²) < 4.78 is 5.66. The first-order chi connectivity index (χ1) is 14.0.